The van der Waals surface area contributed by atoms with Crippen molar-refractivity contribution in [3.8, 4) is 0 Å². The van der Waals surface area contributed by atoms with Gasteiger partial charge >= 0.3 is 6.09 Å². The van der Waals surface area contributed by atoms with Crippen molar-refractivity contribution in [1.82, 2.24) is 0 Å². The van der Waals surface area contributed by atoms with Gasteiger partial charge in [-0.2, -0.15) is 0 Å². The lowest BCUT2D eigenvalue weighted by atomic mass is 9.85. The number of ether oxygens (including phenoxy) is 2. The Hall–Kier alpha value is -1.07. The molecule has 5 heteroatoms. The molecule has 1 heterocycles. The van der Waals surface area contributed by atoms with E-state index in [-0.39, 0.29) is 11.5 Å². The molecule has 0 bridgehead atoms. The van der Waals surface area contributed by atoms with Crippen molar-refractivity contribution in [3.63, 3.8) is 0 Å². The van der Waals surface area contributed by atoms with Crippen molar-refractivity contribution < 1.29 is 14.3 Å². The fraction of sp³-hybridized carbons (Fsp3) is 0.562. The summed E-state index contributed by atoms with van der Waals surface area (Å²) >= 11 is 3.47. The van der Waals surface area contributed by atoms with Gasteiger partial charge in [0.25, 0.3) is 0 Å². The Kier molecular flexibility index (Phi) is 4.36. The number of hydrogen-bond donors (Lipinski definition) is 0. The highest BCUT2D eigenvalue weighted by Crippen LogP contribution is 2.42. The molecular weight excluding hydrogens is 334 g/mol. The third-order valence-electron chi connectivity index (χ3n) is 3.48. The van der Waals surface area contributed by atoms with Gasteiger partial charge in [0, 0.05) is 23.5 Å². The average Bonchev–Trinajstić information content (AvgIpc) is 2.61. The van der Waals surface area contributed by atoms with E-state index in [1.807, 2.05) is 39.0 Å². The first-order valence-corrected chi connectivity index (χ1v) is 7.75. The third-order valence-corrected chi connectivity index (χ3v) is 3.98. The maximum atomic E-state index is 12.5. The van der Waals surface area contributed by atoms with E-state index >= 15 is 0 Å². The lowest BCUT2D eigenvalue weighted by Crippen LogP contribution is -2.40. The molecule has 4 nitrogen and oxygen atoms in total. The van der Waals surface area contributed by atoms with Gasteiger partial charge in [0.05, 0.1) is 12.3 Å². The summed E-state index contributed by atoms with van der Waals surface area (Å²) in [7, 11) is 1.68. The second-order valence-corrected chi connectivity index (χ2v) is 7.64. The molecule has 116 valence electrons. The van der Waals surface area contributed by atoms with Crippen LogP contribution in [0.2, 0.25) is 0 Å². The Morgan fingerprint density at radius 3 is 2.67 bits per heavy atom. The van der Waals surface area contributed by atoms with Crippen molar-refractivity contribution in [3.05, 3.63) is 28.2 Å². The Labute approximate surface area is 134 Å². The minimum absolute atomic E-state index is 0.221. The number of hydrogen-bond acceptors (Lipinski definition) is 3. The SMILES string of the molecule is COCC1(C)CN(C(=O)OC(C)(C)C)c2cc(Br)ccc21. The fourth-order valence-electron chi connectivity index (χ4n) is 2.68. The summed E-state index contributed by atoms with van der Waals surface area (Å²) in [5, 5.41) is 0. The van der Waals surface area contributed by atoms with Crippen LogP contribution in [0.1, 0.15) is 33.3 Å². The van der Waals surface area contributed by atoms with Crippen LogP contribution in [0.3, 0.4) is 0 Å². The molecule has 1 aliphatic heterocycles. The largest absolute Gasteiger partial charge is 0.443 e. The number of carbonyl (C=O) groups is 1. The Morgan fingerprint density at radius 1 is 1.43 bits per heavy atom. The van der Waals surface area contributed by atoms with E-state index in [9.17, 15) is 4.79 Å². The van der Waals surface area contributed by atoms with Crippen LogP contribution in [0.25, 0.3) is 0 Å². The van der Waals surface area contributed by atoms with E-state index in [0.717, 1.165) is 15.7 Å². The van der Waals surface area contributed by atoms with Crippen molar-refractivity contribution in [1.29, 1.82) is 0 Å². The van der Waals surface area contributed by atoms with Crippen LogP contribution in [-0.2, 0) is 14.9 Å². The lowest BCUT2D eigenvalue weighted by molar-refractivity contribution is 0.0571. The summed E-state index contributed by atoms with van der Waals surface area (Å²) in [6.07, 6.45) is -0.318. The van der Waals surface area contributed by atoms with Crippen LogP contribution in [-0.4, -0.2) is 32.0 Å². The van der Waals surface area contributed by atoms with E-state index < -0.39 is 5.60 Å². The molecule has 1 unspecified atom stereocenters. The number of methoxy groups -OCH3 is 1. The number of nitrogens with zero attached hydrogens (tertiary/aromatic N) is 1. The van der Waals surface area contributed by atoms with Crippen LogP contribution in [0.4, 0.5) is 10.5 Å². The highest BCUT2D eigenvalue weighted by Gasteiger charge is 2.42. The number of carbonyl (C=O) groups excluding carboxylic acids is 1. The molecule has 1 amide bonds. The molecule has 0 saturated heterocycles. The number of fused-ring (bicyclic) bond motifs is 1. The van der Waals surface area contributed by atoms with Crippen LogP contribution in [0.15, 0.2) is 22.7 Å². The molecule has 21 heavy (non-hydrogen) atoms. The van der Waals surface area contributed by atoms with E-state index in [1.54, 1.807) is 12.0 Å². The smallest absolute Gasteiger partial charge is 0.414 e. The lowest BCUT2D eigenvalue weighted by Gasteiger charge is -2.27. The van der Waals surface area contributed by atoms with Gasteiger partial charge in [-0.15, -0.1) is 0 Å². The molecule has 0 spiro atoms. The second-order valence-electron chi connectivity index (χ2n) is 6.72. The number of amides is 1. The Bertz CT molecular complexity index is 553. The molecular formula is C16H22BrNO3. The van der Waals surface area contributed by atoms with E-state index in [4.69, 9.17) is 9.47 Å². The van der Waals surface area contributed by atoms with Crippen LogP contribution in [0.5, 0.6) is 0 Å². The quantitative estimate of drug-likeness (QED) is 0.801. The molecule has 0 aromatic heterocycles. The third kappa shape index (κ3) is 3.40. The van der Waals surface area contributed by atoms with Gasteiger partial charge in [-0.3, -0.25) is 4.90 Å². The maximum Gasteiger partial charge on any atom is 0.414 e. The van der Waals surface area contributed by atoms with Crippen LogP contribution >= 0.6 is 15.9 Å². The zero-order chi connectivity index (χ0) is 15.8. The highest BCUT2D eigenvalue weighted by molar-refractivity contribution is 9.10. The van der Waals surface area contributed by atoms with Crippen LogP contribution in [0, 0.1) is 0 Å². The predicted molar refractivity (Wildman–Crippen MR) is 87.0 cm³/mol. The van der Waals surface area contributed by atoms with Gasteiger partial charge in [0.15, 0.2) is 0 Å². The summed E-state index contributed by atoms with van der Waals surface area (Å²) in [5.74, 6) is 0. The predicted octanol–water partition coefficient (Wildman–Crippen LogP) is 4.11. The monoisotopic (exact) mass is 355 g/mol. The van der Waals surface area contributed by atoms with Gasteiger partial charge < -0.3 is 9.47 Å². The zero-order valence-electron chi connectivity index (χ0n) is 13.2. The van der Waals surface area contributed by atoms with E-state index in [2.05, 4.69) is 22.9 Å². The summed E-state index contributed by atoms with van der Waals surface area (Å²) in [4.78, 5) is 14.2. The molecule has 1 aliphatic rings. The maximum absolute atomic E-state index is 12.5. The first kappa shape index (κ1) is 16.3. The standard InChI is InChI=1S/C16H22BrNO3/c1-15(2,3)21-14(19)18-9-16(4,10-20-5)12-7-6-11(17)8-13(12)18/h6-8H,9-10H2,1-5H3. The van der Waals surface area contributed by atoms with Gasteiger partial charge in [-0.25, -0.2) is 4.79 Å². The van der Waals surface area contributed by atoms with Gasteiger partial charge in [0.2, 0.25) is 0 Å². The molecule has 0 fully saturated rings. The molecule has 0 N–H and O–H groups in total. The Balaban J connectivity index is 2.38. The van der Waals surface area contributed by atoms with Gasteiger partial charge in [-0.1, -0.05) is 28.9 Å². The van der Waals surface area contributed by atoms with Crippen molar-refractivity contribution in [2.45, 2.75) is 38.7 Å². The first-order chi connectivity index (χ1) is 9.66. The zero-order valence-corrected chi connectivity index (χ0v) is 14.8. The summed E-state index contributed by atoms with van der Waals surface area (Å²) in [6.45, 7) is 8.83. The normalized spacial score (nSPS) is 21.3. The summed E-state index contributed by atoms with van der Waals surface area (Å²) in [6, 6.07) is 5.99. The second kappa shape index (κ2) is 5.61. The van der Waals surface area contributed by atoms with Crippen molar-refractivity contribution in [2.24, 2.45) is 0 Å². The minimum Gasteiger partial charge on any atom is -0.443 e. The number of rotatable bonds is 2. The minimum atomic E-state index is -0.510. The molecule has 1 atom stereocenters. The molecule has 0 saturated carbocycles. The molecule has 0 aliphatic carbocycles. The molecule has 2 rings (SSSR count). The summed E-state index contributed by atoms with van der Waals surface area (Å²) in [5.41, 5.74) is 1.27. The molecule has 0 radical (unpaired) electrons. The fourth-order valence-corrected chi connectivity index (χ4v) is 3.03. The number of anilines is 1. The number of halogens is 1. The first-order valence-electron chi connectivity index (χ1n) is 6.96. The van der Waals surface area contributed by atoms with Crippen molar-refractivity contribution in [2.75, 3.05) is 25.2 Å². The number of benzene rings is 1. The van der Waals surface area contributed by atoms with Crippen LogP contribution < -0.4 is 4.90 Å². The Morgan fingerprint density at radius 2 is 2.10 bits per heavy atom. The summed E-state index contributed by atoms with van der Waals surface area (Å²) < 4.78 is 11.8. The van der Waals surface area contributed by atoms with E-state index in [1.165, 1.54) is 0 Å². The topological polar surface area (TPSA) is 38.8 Å². The van der Waals surface area contributed by atoms with Crippen molar-refractivity contribution >= 4 is 27.7 Å². The van der Waals surface area contributed by atoms with Gasteiger partial charge in [-0.05, 0) is 38.5 Å². The van der Waals surface area contributed by atoms with Gasteiger partial charge in [0.1, 0.15) is 5.60 Å². The molecule has 1 aromatic rings. The average molecular weight is 356 g/mol. The molecule has 1 aromatic carbocycles. The highest BCUT2D eigenvalue weighted by atomic mass is 79.9. The van der Waals surface area contributed by atoms with E-state index in [0.29, 0.717) is 13.2 Å².